The maximum atomic E-state index is 12.0. The summed E-state index contributed by atoms with van der Waals surface area (Å²) in [5.41, 5.74) is 1.34. The lowest BCUT2D eigenvalue weighted by Gasteiger charge is -2.09. The van der Waals surface area contributed by atoms with Gasteiger partial charge >= 0.3 is 17.4 Å². The molecule has 1 aromatic carbocycles. The number of rotatable bonds is 5. The molecule has 0 saturated carbocycles. The molecule has 0 saturated heterocycles. The van der Waals surface area contributed by atoms with Crippen LogP contribution in [0.3, 0.4) is 0 Å². The number of benzene rings is 1. The van der Waals surface area contributed by atoms with Crippen LogP contribution in [0.25, 0.3) is 11.0 Å². The number of aryl methyl sites for hydroxylation is 1. The van der Waals surface area contributed by atoms with Gasteiger partial charge in [-0.05, 0) is 38.5 Å². The van der Waals surface area contributed by atoms with Gasteiger partial charge < -0.3 is 9.15 Å². The average molecular weight is 386 g/mol. The van der Waals surface area contributed by atoms with Crippen molar-refractivity contribution in [3.05, 3.63) is 61.8 Å². The van der Waals surface area contributed by atoms with Crippen molar-refractivity contribution >= 4 is 28.4 Å². The minimum Gasteiger partial charge on any atom is -0.450 e. The van der Waals surface area contributed by atoms with E-state index >= 15 is 0 Å². The topological polar surface area (TPSA) is 130 Å². The molecule has 3 rings (SSSR count). The first-order chi connectivity index (χ1) is 13.3. The van der Waals surface area contributed by atoms with Crippen LogP contribution in [-0.4, -0.2) is 27.4 Å². The predicted molar refractivity (Wildman–Crippen MR) is 101 cm³/mol. The van der Waals surface area contributed by atoms with E-state index < -0.39 is 16.6 Å². The minimum atomic E-state index is -0.615. The second-order valence-corrected chi connectivity index (χ2v) is 6.08. The van der Waals surface area contributed by atoms with Crippen molar-refractivity contribution in [3.8, 4) is 0 Å². The number of nitrogens with one attached hydrogen (secondary N) is 1. The van der Waals surface area contributed by atoms with Crippen molar-refractivity contribution in [2.24, 2.45) is 0 Å². The maximum Gasteiger partial charge on any atom is 0.411 e. The third-order valence-electron chi connectivity index (χ3n) is 4.20. The van der Waals surface area contributed by atoms with Crippen LogP contribution in [0.4, 0.5) is 16.2 Å². The Morgan fingerprint density at radius 2 is 2.11 bits per heavy atom. The van der Waals surface area contributed by atoms with Crippen LogP contribution < -0.4 is 10.9 Å². The van der Waals surface area contributed by atoms with Crippen LogP contribution in [0.5, 0.6) is 0 Å². The summed E-state index contributed by atoms with van der Waals surface area (Å²) in [6.07, 6.45) is -0.615. The van der Waals surface area contributed by atoms with Crippen LogP contribution in [0.2, 0.25) is 0 Å². The molecule has 0 radical (unpaired) electrons. The van der Waals surface area contributed by atoms with E-state index in [1.54, 1.807) is 32.9 Å². The number of carbonyl (C=O) groups excluding carboxylic acids is 1. The zero-order chi connectivity index (χ0) is 20.4. The van der Waals surface area contributed by atoms with Gasteiger partial charge in [-0.1, -0.05) is 0 Å². The van der Waals surface area contributed by atoms with E-state index in [4.69, 9.17) is 9.15 Å². The predicted octanol–water partition coefficient (Wildman–Crippen LogP) is 3.13. The summed E-state index contributed by atoms with van der Waals surface area (Å²) in [4.78, 5) is 34.3. The Kier molecular flexibility index (Phi) is 5.12. The molecule has 3 aromatic rings. The van der Waals surface area contributed by atoms with Gasteiger partial charge in [0.2, 0.25) is 0 Å². The number of nitrogens with zero attached hydrogens (tertiary/aromatic N) is 3. The van der Waals surface area contributed by atoms with Crippen molar-refractivity contribution in [3.63, 3.8) is 0 Å². The minimum absolute atomic E-state index is 0.0480. The lowest BCUT2D eigenvalue weighted by Crippen LogP contribution is -2.13. The molecule has 0 aliphatic carbocycles. The first-order valence-electron chi connectivity index (χ1n) is 8.49. The highest BCUT2D eigenvalue weighted by Crippen LogP contribution is 2.25. The number of hydrogen-bond acceptors (Lipinski definition) is 7. The maximum absolute atomic E-state index is 12.0. The van der Waals surface area contributed by atoms with Crippen LogP contribution in [0, 0.1) is 24.0 Å². The molecule has 0 spiro atoms. The second-order valence-electron chi connectivity index (χ2n) is 6.08. The summed E-state index contributed by atoms with van der Waals surface area (Å²) in [5, 5.41) is 18.6. The molecule has 0 unspecified atom stereocenters. The summed E-state index contributed by atoms with van der Waals surface area (Å²) in [6.45, 7) is 5.24. The number of amides is 1. The molecule has 0 bridgehead atoms. The first-order valence-corrected chi connectivity index (χ1v) is 8.49. The van der Waals surface area contributed by atoms with E-state index in [1.807, 2.05) is 0 Å². The van der Waals surface area contributed by atoms with Crippen molar-refractivity contribution < 1.29 is 18.9 Å². The summed E-state index contributed by atoms with van der Waals surface area (Å²) in [5.74, 6) is 0. The fourth-order valence-electron chi connectivity index (χ4n) is 2.99. The van der Waals surface area contributed by atoms with E-state index in [0.29, 0.717) is 28.0 Å². The average Bonchev–Trinajstić information content (AvgIpc) is 2.88. The van der Waals surface area contributed by atoms with Crippen LogP contribution >= 0.6 is 0 Å². The Bertz CT molecular complexity index is 1130. The Hall–Kier alpha value is -3.69. The molecule has 2 heterocycles. The van der Waals surface area contributed by atoms with Crippen molar-refractivity contribution in [2.75, 3.05) is 11.9 Å². The Labute approximate surface area is 158 Å². The third kappa shape index (κ3) is 3.70. The van der Waals surface area contributed by atoms with Crippen molar-refractivity contribution in [2.45, 2.75) is 27.3 Å². The lowest BCUT2D eigenvalue weighted by atomic mass is 10.1. The van der Waals surface area contributed by atoms with Crippen LogP contribution in [0.1, 0.15) is 23.9 Å². The summed E-state index contributed by atoms with van der Waals surface area (Å²) < 4.78 is 11.5. The fourth-order valence-corrected chi connectivity index (χ4v) is 2.99. The molecular weight excluding hydrogens is 368 g/mol. The summed E-state index contributed by atoms with van der Waals surface area (Å²) in [7, 11) is 0. The monoisotopic (exact) mass is 386 g/mol. The number of nitro groups is 1. The van der Waals surface area contributed by atoms with Crippen molar-refractivity contribution in [1.29, 1.82) is 0 Å². The fraction of sp³-hybridized carbons (Fsp3) is 0.278. The van der Waals surface area contributed by atoms with E-state index in [0.717, 1.165) is 0 Å². The largest absolute Gasteiger partial charge is 0.450 e. The summed E-state index contributed by atoms with van der Waals surface area (Å²) in [6, 6.07) is 6.17. The number of ether oxygens (including phenoxy) is 1. The zero-order valence-electron chi connectivity index (χ0n) is 15.5. The Morgan fingerprint density at radius 1 is 1.36 bits per heavy atom. The highest BCUT2D eigenvalue weighted by Gasteiger charge is 2.22. The number of hydrogen-bond donors (Lipinski definition) is 1. The van der Waals surface area contributed by atoms with Gasteiger partial charge in [0.05, 0.1) is 18.1 Å². The molecule has 1 N–H and O–H groups in total. The van der Waals surface area contributed by atoms with Gasteiger partial charge in [0, 0.05) is 23.2 Å². The molecule has 1 amide bonds. The standard InChI is InChI=1S/C18H18N4O6/c1-4-27-18(24)19-13-5-6-14-12(7-16(23)28-15(14)8-13)9-21-11(3)17(22(25)26)10(2)20-21/h5-8H,4,9H2,1-3H3,(H,19,24). The molecule has 0 aliphatic heterocycles. The van der Waals surface area contributed by atoms with Gasteiger partial charge in [-0.2, -0.15) is 5.10 Å². The van der Waals surface area contributed by atoms with Gasteiger partial charge in [-0.3, -0.25) is 20.1 Å². The molecule has 10 heteroatoms. The molecule has 28 heavy (non-hydrogen) atoms. The molecular formula is C18H18N4O6. The van der Waals surface area contributed by atoms with Gasteiger partial charge in [0.15, 0.2) is 0 Å². The lowest BCUT2D eigenvalue weighted by molar-refractivity contribution is -0.386. The third-order valence-corrected chi connectivity index (χ3v) is 4.20. The number of anilines is 1. The van der Waals surface area contributed by atoms with E-state index in [2.05, 4.69) is 10.4 Å². The second kappa shape index (κ2) is 7.51. The van der Waals surface area contributed by atoms with E-state index in [1.165, 1.54) is 16.8 Å². The SMILES string of the molecule is CCOC(=O)Nc1ccc2c(Cn3nc(C)c([N+](=O)[O-])c3C)cc(=O)oc2c1. The molecule has 0 fully saturated rings. The Morgan fingerprint density at radius 3 is 2.75 bits per heavy atom. The molecule has 2 aromatic heterocycles. The van der Waals surface area contributed by atoms with Gasteiger partial charge in [-0.15, -0.1) is 0 Å². The zero-order valence-corrected chi connectivity index (χ0v) is 15.5. The van der Waals surface area contributed by atoms with Gasteiger partial charge in [0.25, 0.3) is 0 Å². The quantitative estimate of drug-likeness (QED) is 0.405. The molecule has 0 atom stereocenters. The van der Waals surface area contributed by atoms with Crippen LogP contribution in [-0.2, 0) is 11.3 Å². The molecule has 10 nitrogen and oxygen atoms in total. The Balaban J connectivity index is 2.00. The normalized spacial score (nSPS) is 10.8. The molecule has 0 aliphatic rings. The van der Waals surface area contributed by atoms with Crippen molar-refractivity contribution in [1.82, 2.24) is 9.78 Å². The first kappa shape index (κ1) is 19.1. The number of carbonyl (C=O) groups is 1. The smallest absolute Gasteiger partial charge is 0.411 e. The number of fused-ring (bicyclic) bond motifs is 1. The van der Waals surface area contributed by atoms with Gasteiger partial charge in [-0.25, -0.2) is 9.59 Å². The van der Waals surface area contributed by atoms with E-state index in [-0.39, 0.29) is 24.4 Å². The number of aromatic nitrogens is 2. The van der Waals surface area contributed by atoms with E-state index in [9.17, 15) is 19.7 Å². The highest BCUT2D eigenvalue weighted by atomic mass is 16.6. The highest BCUT2D eigenvalue weighted by molar-refractivity contribution is 5.90. The van der Waals surface area contributed by atoms with Gasteiger partial charge in [0.1, 0.15) is 17.0 Å². The molecule has 146 valence electrons. The summed E-state index contributed by atoms with van der Waals surface area (Å²) >= 11 is 0. The van der Waals surface area contributed by atoms with Crippen LogP contribution in [0.15, 0.2) is 33.5 Å².